The predicted octanol–water partition coefficient (Wildman–Crippen LogP) is 3.23. The van der Waals surface area contributed by atoms with Gasteiger partial charge in [-0.1, -0.05) is 24.3 Å². The smallest absolute Gasteiger partial charge is 0.123 e. The van der Waals surface area contributed by atoms with Gasteiger partial charge < -0.3 is 18.9 Å². The molecule has 0 radical (unpaired) electrons. The molecule has 0 aliphatic carbocycles. The minimum absolute atomic E-state index is 0.207. The molecule has 0 spiro atoms. The maximum Gasteiger partial charge on any atom is 0.123 e. The van der Waals surface area contributed by atoms with E-state index in [2.05, 4.69) is 0 Å². The molecule has 0 saturated carbocycles. The molecular formula is C20H20F2O4. The van der Waals surface area contributed by atoms with Crippen molar-refractivity contribution < 1.29 is 27.7 Å². The first-order valence-electron chi connectivity index (χ1n) is 8.64. The number of rotatable bonds is 6. The molecule has 0 bridgehead atoms. The maximum atomic E-state index is 13.2. The molecule has 4 rings (SSSR count). The summed E-state index contributed by atoms with van der Waals surface area (Å²) in [7, 11) is 0. The number of benzene rings is 2. The first kappa shape index (κ1) is 17.5. The van der Waals surface area contributed by atoms with Crippen LogP contribution < -0.4 is 0 Å². The highest BCUT2D eigenvalue weighted by atomic mass is 19.1. The van der Waals surface area contributed by atoms with Crippen LogP contribution in [0.2, 0.25) is 0 Å². The molecule has 2 aromatic carbocycles. The predicted molar refractivity (Wildman–Crippen MR) is 89.4 cm³/mol. The van der Waals surface area contributed by atoms with E-state index in [4.69, 9.17) is 18.9 Å². The Morgan fingerprint density at radius 2 is 1.23 bits per heavy atom. The van der Waals surface area contributed by atoms with Crippen molar-refractivity contribution >= 4 is 0 Å². The van der Waals surface area contributed by atoms with Crippen LogP contribution in [0.4, 0.5) is 8.78 Å². The molecular weight excluding hydrogens is 342 g/mol. The second kappa shape index (κ2) is 7.80. The van der Waals surface area contributed by atoms with Gasteiger partial charge in [0.2, 0.25) is 0 Å². The van der Waals surface area contributed by atoms with Crippen LogP contribution in [-0.4, -0.2) is 37.6 Å². The molecule has 4 atom stereocenters. The lowest BCUT2D eigenvalue weighted by Crippen LogP contribution is -2.34. The summed E-state index contributed by atoms with van der Waals surface area (Å²) in [6, 6.07) is 12.7. The molecule has 26 heavy (non-hydrogen) atoms. The molecule has 2 saturated heterocycles. The van der Waals surface area contributed by atoms with Crippen LogP contribution in [0, 0.1) is 11.6 Å². The maximum absolute atomic E-state index is 13.2. The lowest BCUT2D eigenvalue weighted by molar-refractivity contribution is -0.0581. The van der Waals surface area contributed by atoms with Crippen molar-refractivity contribution in [2.24, 2.45) is 0 Å². The van der Waals surface area contributed by atoms with Gasteiger partial charge in [-0.2, -0.15) is 0 Å². The van der Waals surface area contributed by atoms with Crippen molar-refractivity contribution in [3.05, 3.63) is 71.3 Å². The summed E-state index contributed by atoms with van der Waals surface area (Å²) in [4.78, 5) is 0. The topological polar surface area (TPSA) is 36.9 Å². The van der Waals surface area contributed by atoms with Gasteiger partial charge in [0.25, 0.3) is 0 Å². The highest BCUT2D eigenvalue weighted by Crippen LogP contribution is 2.31. The average Bonchev–Trinajstić information content (AvgIpc) is 3.21. The van der Waals surface area contributed by atoms with E-state index in [0.717, 1.165) is 11.1 Å². The summed E-state index contributed by atoms with van der Waals surface area (Å²) < 4.78 is 49.8. The van der Waals surface area contributed by atoms with Gasteiger partial charge in [0.05, 0.1) is 26.4 Å². The van der Waals surface area contributed by atoms with Gasteiger partial charge in [0.15, 0.2) is 0 Å². The van der Waals surface area contributed by atoms with Gasteiger partial charge in [-0.05, 0) is 35.4 Å². The Balaban J connectivity index is 1.29. The van der Waals surface area contributed by atoms with E-state index in [9.17, 15) is 8.78 Å². The van der Waals surface area contributed by atoms with Crippen LogP contribution in [0.25, 0.3) is 0 Å². The van der Waals surface area contributed by atoms with E-state index < -0.39 is 0 Å². The van der Waals surface area contributed by atoms with Crippen molar-refractivity contribution in [2.45, 2.75) is 37.6 Å². The number of fused-ring (bicyclic) bond motifs is 1. The molecule has 4 nitrogen and oxygen atoms in total. The molecule has 2 aromatic rings. The normalized spacial score (nSPS) is 27.6. The Kier molecular flexibility index (Phi) is 5.26. The zero-order valence-electron chi connectivity index (χ0n) is 14.1. The van der Waals surface area contributed by atoms with Crippen LogP contribution in [0.15, 0.2) is 48.5 Å². The van der Waals surface area contributed by atoms with Gasteiger partial charge >= 0.3 is 0 Å². The molecule has 2 heterocycles. The Morgan fingerprint density at radius 3 is 1.65 bits per heavy atom. The van der Waals surface area contributed by atoms with E-state index in [1.54, 1.807) is 12.1 Å². The van der Waals surface area contributed by atoms with Crippen LogP contribution >= 0.6 is 0 Å². The summed E-state index contributed by atoms with van der Waals surface area (Å²) in [5, 5.41) is 0. The summed E-state index contributed by atoms with van der Waals surface area (Å²) >= 11 is 0. The minimum atomic E-state index is -0.283. The molecule has 6 heteroatoms. The molecule has 0 N–H and O–H groups in total. The molecule has 2 aliphatic heterocycles. The summed E-state index contributed by atoms with van der Waals surface area (Å²) in [5.41, 5.74) is 1.54. The second-order valence-corrected chi connectivity index (χ2v) is 6.55. The zero-order valence-corrected chi connectivity index (χ0v) is 14.1. The Morgan fingerprint density at radius 1 is 0.769 bits per heavy atom. The van der Waals surface area contributed by atoms with Crippen molar-refractivity contribution in [3.8, 4) is 0 Å². The van der Waals surface area contributed by atoms with E-state index >= 15 is 0 Å². The van der Waals surface area contributed by atoms with Gasteiger partial charge in [0, 0.05) is 0 Å². The van der Waals surface area contributed by atoms with Crippen molar-refractivity contribution in [2.75, 3.05) is 13.2 Å². The van der Waals surface area contributed by atoms with Gasteiger partial charge in [0.1, 0.15) is 36.1 Å². The third-order valence-electron chi connectivity index (χ3n) is 4.67. The fourth-order valence-electron chi connectivity index (χ4n) is 3.37. The highest BCUT2D eigenvalue weighted by molar-refractivity contribution is 5.16. The number of halogens is 2. The van der Waals surface area contributed by atoms with Crippen molar-refractivity contribution in [1.29, 1.82) is 0 Å². The van der Waals surface area contributed by atoms with E-state index in [-0.39, 0.29) is 36.1 Å². The number of hydrogen-bond donors (Lipinski definition) is 0. The van der Waals surface area contributed by atoms with Crippen LogP contribution in [0.1, 0.15) is 11.1 Å². The van der Waals surface area contributed by atoms with Crippen LogP contribution in [0.5, 0.6) is 0 Å². The molecule has 0 unspecified atom stereocenters. The van der Waals surface area contributed by atoms with Gasteiger partial charge in [-0.25, -0.2) is 8.78 Å². The first-order valence-corrected chi connectivity index (χ1v) is 8.64. The molecule has 0 amide bonds. The molecule has 2 fully saturated rings. The van der Waals surface area contributed by atoms with Crippen LogP contribution in [-0.2, 0) is 32.2 Å². The largest absolute Gasteiger partial charge is 0.370 e. The third kappa shape index (κ3) is 3.94. The van der Waals surface area contributed by atoms with Crippen molar-refractivity contribution in [1.82, 2.24) is 0 Å². The molecule has 0 aromatic heterocycles. The van der Waals surface area contributed by atoms with Crippen LogP contribution in [0.3, 0.4) is 0 Å². The SMILES string of the molecule is Fc1cccc(CO[C@H]2CO[C@@H]3[C@H]2OC[C@H]3OCc2cccc(F)c2)c1. The van der Waals surface area contributed by atoms with Gasteiger partial charge in [-0.3, -0.25) is 0 Å². The first-order chi connectivity index (χ1) is 12.7. The van der Waals surface area contributed by atoms with E-state index in [1.807, 2.05) is 12.1 Å². The van der Waals surface area contributed by atoms with E-state index in [1.165, 1.54) is 24.3 Å². The second-order valence-electron chi connectivity index (χ2n) is 6.55. The highest BCUT2D eigenvalue weighted by Gasteiger charge is 2.48. The monoisotopic (exact) mass is 362 g/mol. The number of ether oxygens (including phenoxy) is 4. The van der Waals surface area contributed by atoms with Gasteiger partial charge in [-0.15, -0.1) is 0 Å². The molecule has 2 aliphatic rings. The summed E-state index contributed by atoms with van der Waals surface area (Å²) in [5.74, 6) is -0.566. The van der Waals surface area contributed by atoms with E-state index in [0.29, 0.717) is 26.4 Å². The Labute approximate surface area is 150 Å². The quantitative estimate of drug-likeness (QED) is 0.791. The summed E-state index contributed by atoms with van der Waals surface area (Å²) in [6.07, 6.45) is -0.848. The number of hydrogen-bond acceptors (Lipinski definition) is 4. The third-order valence-corrected chi connectivity index (χ3v) is 4.67. The fourth-order valence-corrected chi connectivity index (χ4v) is 3.37. The molecule has 138 valence electrons. The lowest BCUT2D eigenvalue weighted by Gasteiger charge is -2.17. The Bertz CT molecular complexity index is 691. The minimum Gasteiger partial charge on any atom is -0.370 e. The fraction of sp³-hybridized carbons (Fsp3) is 0.400. The standard InChI is InChI=1S/C20H20F2O4/c21-15-5-1-3-13(7-15)9-23-17-11-25-20-18(12-26-19(17)20)24-10-14-4-2-6-16(22)8-14/h1-8,17-20H,9-12H2/t17-,18+,19-,20-/m0/s1. The lowest BCUT2D eigenvalue weighted by atomic mass is 10.1. The summed E-state index contributed by atoms with van der Waals surface area (Å²) in [6.45, 7) is 1.41. The zero-order chi connectivity index (χ0) is 17.9. The Hall–Kier alpha value is -1.86. The average molecular weight is 362 g/mol. The van der Waals surface area contributed by atoms with Crippen molar-refractivity contribution in [3.63, 3.8) is 0 Å².